The summed E-state index contributed by atoms with van der Waals surface area (Å²) in [6.07, 6.45) is 2.04. The van der Waals surface area contributed by atoms with Gasteiger partial charge in [0, 0.05) is 12.1 Å². The molecule has 0 radical (unpaired) electrons. The SMILES string of the molecule is Cc1cccc(C)c1CC1(N)CCOC1C. The fourth-order valence-electron chi connectivity index (χ4n) is 2.48. The monoisotopic (exact) mass is 219 g/mol. The molecule has 1 aliphatic heterocycles. The van der Waals surface area contributed by atoms with Gasteiger partial charge < -0.3 is 10.5 Å². The first kappa shape index (κ1) is 11.6. The molecule has 1 saturated heterocycles. The van der Waals surface area contributed by atoms with E-state index in [1.54, 1.807) is 0 Å². The van der Waals surface area contributed by atoms with E-state index in [1.807, 2.05) is 0 Å². The first-order valence-corrected chi connectivity index (χ1v) is 5.98. The standard InChI is InChI=1S/C14H21NO/c1-10-5-4-6-11(2)13(10)9-14(15)7-8-16-12(14)3/h4-6,12H,7-9,15H2,1-3H3. The van der Waals surface area contributed by atoms with Crippen LogP contribution in [0.1, 0.15) is 30.0 Å². The highest BCUT2D eigenvalue weighted by Crippen LogP contribution is 2.29. The number of ether oxygens (including phenoxy) is 1. The summed E-state index contributed by atoms with van der Waals surface area (Å²) in [6, 6.07) is 6.42. The Morgan fingerprint density at radius 1 is 1.38 bits per heavy atom. The molecule has 0 saturated carbocycles. The molecule has 2 unspecified atom stereocenters. The first-order valence-electron chi connectivity index (χ1n) is 5.98. The zero-order valence-electron chi connectivity index (χ0n) is 10.4. The smallest absolute Gasteiger partial charge is 0.0730 e. The average molecular weight is 219 g/mol. The van der Waals surface area contributed by atoms with Gasteiger partial charge in [-0.25, -0.2) is 0 Å². The highest BCUT2D eigenvalue weighted by Gasteiger charge is 2.38. The topological polar surface area (TPSA) is 35.2 Å². The molecule has 88 valence electrons. The molecule has 2 nitrogen and oxygen atoms in total. The first-order chi connectivity index (χ1) is 7.53. The van der Waals surface area contributed by atoms with Crippen LogP contribution in [0.15, 0.2) is 18.2 Å². The van der Waals surface area contributed by atoms with E-state index in [0.717, 1.165) is 19.4 Å². The summed E-state index contributed by atoms with van der Waals surface area (Å²) in [7, 11) is 0. The third-order valence-electron chi connectivity index (χ3n) is 3.90. The van der Waals surface area contributed by atoms with Gasteiger partial charge in [-0.05, 0) is 50.3 Å². The van der Waals surface area contributed by atoms with Crippen molar-refractivity contribution in [3.05, 3.63) is 34.9 Å². The molecule has 1 heterocycles. The van der Waals surface area contributed by atoms with Gasteiger partial charge in [0.25, 0.3) is 0 Å². The van der Waals surface area contributed by atoms with Crippen LogP contribution in [0.4, 0.5) is 0 Å². The van der Waals surface area contributed by atoms with Crippen molar-refractivity contribution in [2.45, 2.75) is 45.3 Å². The maximum Gasteiger partial charge on any atom is 0.0730 e. The van der Waals surface area contributed by atoms with E-state index in [4.69, 9.17) is 10.5 Å². The van der Waals surface area contributed by atoms with E-state index < -0.39 is 0 Å². The van der Waals surface area contributed by atoms with Crippen LogP contribution in [0.2, 0.25) is 0 Å². The second-order valence-corrected chi connectivity index (χ2v) is 5.04. The Balaban J connectivity index is 2.27. The molecular formula is C14H21NO. The van der Waals surface area contributed by atoms with Gasteiger partial charge in [-0.2, -0.15) is 0 Å². The van der Waals surface area contributed by atoms with Crippen molar-refractivity contribution in [1.82, 2.24) is 0 Å². The third kappa shape index (κ3) is 2.00. The van der Waals surface area contributed by atoms with Crippen LogP contribution in [0.3, 0.4) is 0 Å². The van der Waals surface area contributed by atoms with Crippen molar-refractivity contribution in [3.8, 4) is 0 Å². The van der Waals surface area contributed by atoms with Crippen LogP contribution in [0.25, 0.3) is 0 Å². The lowest BCUT2D eigenvalue weighted by Crippen LogP contribution is -2.48. The Bertz CT molecular complexity index is 368. The summed E-state index contributed by atoms with van der Waals surface area (Å²) in [5.41, 5.74) is 10.3. The largest absolute Gasteiger partial charge is 0.377 e. The molecule has 0 aliphatic carbocycles. The molecule has 1 aromatic carbocycles. The second-order valence-electron chi connectivity index (χ2n) is 5.04. The van der Waals surface area contributed by atoms with Crippen molar-refractivity contribution < 1.29 is 4.74 Å². The molecular weight excluding hydrogens is 198 g/mol. The molecule has 0 amide bonds. The van der Waals surface area contributed by atoms with E-state index in [2.05, 4.69) is 39.0 Å². The Kier molecular flexibility index (Phi) is 3.04. The summed E-state index contributed by atoms with van der Waals surface area (Å²) in [6.45, 7) is 7.20. The van der Waals surface area contributed by atoms with Gasteiger partial charge >= 0.3 is 0 Å². The number of hydrogen-bond donors (Lipinski definition) is 1. The lowest BCUT2D eigenvalue weighted by Gasteiger charge is -2.29. The Hall–Kier alpha value is -0.860. The Morgan fingerprint density at radius 3 is 2.50 bits per heavy atom. The summed E-state index contributed by atoms with van der Waals surface area (Å²) >= 11 is 0. The molecule has 2 rings (SSSR count). The van der Waals surface area contributed by atoms with Crippen LogP contribution in [0, 0.1) is 13.8 Å². The molecule has 0 aromatic heterocycles. The summed E-state index contributed by atoms with van der Waals surface area (Å²) in [5.74, 6) is 0. The molecule has 1 aromatic rings. The highest BCUT2D eigenvalue weighted by molar-refractivity contribution is 5.35. The molecule has 2 atom stereocenters. The molecule has 0 bridgehead atoms. The number of hydrogen-bond acceptors (Lipinski definition) is 2. The predicted octanol–water partition coefficient (Wildman–Crippen LogP) is 2.35. The van der Waals surface area contributed by atoms with E-state index in [1.165, 1.54) is 16.7 Å². The molecule has 1 aliphatic rings. The Morgan fingerprint density at radius 2 is 2.00 bits per heavy atom. The fourth-order valence-corrected chi connectivity index (χ4v) is 2.48. The Labute approximate surface area is 97.8 Å². The number of rotatable bonds is 2. The van der Waals surface area contributed by atoms with Crippen LogP contribution < -0.4 is 5.73 Å². The quantitative estimate of drug-likeness (QED) is 0.828. The van der Waals surface area contributed by atoms with Gasteiger partial charge in [0.1, 0.15) is 0 Å². The van der Waals surface area contributed by atoms with Crippen molar-refractivity contribution in [2.75, 3.05) is 6.61 Å². The second kappa shape index (κ2) is 4.19. The number of nitrogens with two attached hydrogens (primary N) is 1. The predicted molar refractivity (Wildman–Crippen MR) is 66.6 cm³/mol. The van der Waals surface area contributed by atoms with E-state index in [0.29, 0.717) is 0 Å². The molecule has 2 N–H and O–H groups in total. The molecule has 2 heteroatoms. The van der Waals surface area contributed by atoms with E-state index in [-0.39, 0.29) is 11.6 Å². The summed E-state index contributed by atoms with van der Waals surface area (Å²) in [5, 5.41) is 0. The van der Waals surface area contributed by atoms with Crippen molar-refractivity contribution in [2.24, 2.45) is 5.73 Å². The van der Waals surface area contributed by atoms with Crippen LogP contribution in [0.5, 0.6) is 0 Å². The lowest BCUT2D eigenvalue weighted by atomic mass is 9.83. The van der Waals surface area contributed by atoms with Crippen molar-refractivity contribution in [1.29, 1.82) is 0 Å². The van der Waals surface area contributed by atoms with Crippen LogP contribution in [-0.4, -0.2) is 18.2 Å². The minimum absolute atomic E-state index is 0.159. The molecule has 0 spiro atoms. The normalized spacial score (nSPS) is 29.6. The van der Waals surface area contributed by atoms with Gasteiger partial charge in [-0.15, -0.1) is 0 Å². The maximum absolute atomic E-state index is 6.45. The molecule has 16 heavy (non-hydrogen) atoms. The van der Waals surface area contributed by atoms with Gasteiger partial charge in [0.05, 0.1) is 6.10 Å². The van der Waals surface area contributed by atoms with Crippen molar-refractivity contribution in [3.63, 3.8) is 0 Å². The van der Waals surface area contributed by atoms with Crippen molar-refractivity contribution >= 4 is 0 Å². The minimum Gasteiger partial charge on any atom is -0.377 e. The highest BCUT2D eigenvalue weighted by atomic mass is 16.5. The van der Waals surface area contributed by atoms with Gasteiger partial charge in [0.2, 0.25) is 0 Å². The summed E-state index contributed by atoms with van der Waals surface area (Å²) < 4.78 is 5.60. The minimum atomic E-state index is -0.184. The van der Waals surface area contributed by atoms with E-state index in [9.17, 15) is 0 Å². The van der Waals surface area contributed by atoms with E-state index >= 15 is 0 Å². The maximum atomic E-state index is 6.45. The average Bonchev–Trinajstić information content (AvgIpc) is 2.54. The number of benzene rings is 1. The van der Waals surface area contributed by atoms with Gasteiger partial charge in [0.15, 0.2) is 0 Å². The lowest BCUT2D eigenvalue weighted by molar-refractivity contribution is 0.0954. The summed E-state index contributed by atoms with van der Waals surface area (Å²) in [4.78, 5) is 0. The van der Waals surface area contributed by atoms with Gasteiger partial charge in [-0.3, -0.25) is 0 Å². The molecule has 1 fully saturated rings. The van der Waals surface area contributed by atoms with Crippen LogP contribution >= 0.6 is 0 Å². The van der Waals surface area contributed by atoms with Crippen LogP contribution in [-0.2, 0) is 11.2 Å². The number of aryl methyl sites for hydroxylation is 2. The van der Waals surface area contributed by atoms with Gasteiger partial charge in [-0.1, -0.05) is 18.2 Å². The zero-order valence-corrected chi connectivity index (χ0v) is 10.4. The zero-order chi connectivity index (χ0) is 11.8. The third-order valence-corrected chi connectivity index (χ3v) is 3.90. The fraction of sp³-hybridized carbons (Fsp3) is 0.571.